The molecule has 17 heavy (non-hydrogen) atoms. The van der Waals surface area contributed by atoms with Crippen LogP contribution in [0.1, 0.15) is 12.0 Å². The highest BCUT2D eigenvalue weighted by Gasteiger charge is 2.35. The summed E-state index contributed by atoms with van der Waals surface area (Å²) in [5, 5.41) is 3.42. The molecule has 0 amide bonds. The second-order valence-electron chi connectivity index (χ2n) is 4.91. The Bertz CT molecular complexity index is 363. The highest BCUT2D eigenvalue weighted by Crippen LogP contribution is 2.32. The van der Waals surface area contributed by atoms with Crippen LogP contribution in [-0.2, 0) is 11.2 Å². The van der Waals surface area contributed by atoms with Crippen molar-refractivity contribution in [2.24, 2.45) is 5.92 Å². The largest absolute Gasteiger partial charge is 0.488 e. The predicted molar refractivity (Wildman–Crippen MR) is 66.3 cm³/mol. The minimum absolute atomic E-state index is 0.254. The minimum Gasteiger partial charge on any atom is -0.488 e. The van der Waals surface area contributed by atoms with Gasteiger partial charge in [0.15, 0.2) is 0 Å². The van der Waals surface area contributed by atoms with E-state index in [4.69, 9.17) is 9.47 Å². The summed E-state index contributed by atoms with van der Waals surface area (Å²) >= 11 is 0. The number of benzene rings is 1. The van der Waals surface area contributed by atoms with Gasteiger partial charge in [0, 0.05) is 25.0 Å². The van der Waals surface area contributed by atoms with Gasteiger partial charge in [0.25, 0.3) is 0 Å². The third kappa shape index (κ3) is 2.05. The molecule has 2 heterocycles. The molecule has 2 aliphatic heterocycles. The average Bonchev–Trinajstić information content (AvgIpc) is 2.98. The maximum atomic E-state index is 6.05. The Kier molecular flexibility index (Phi) is 3.04. The van der Waals surface area contributed by atoms with Crippen molar-refractivity contribution < 1.29 is 9.47 Å². The van der Waals surface area contributed by atoms with Crippen LogP contribution >= 0.6 is 0 Å². The van der Waals surface area contributed by atoms with Crippen molar-refractivity contribution in [2.75, 3.05) is 20.3 Å². The molecule has 1 aromatic carbocycles. The highest BCUT2D eigenvalue weighted by molar-refractivity contribution is 5.37. The van der Waals surface area contributed by atoms with Gasteiger partial charge in [0.2, 0.25) is 0 Å². The number of hydrogen-bond donors (Lipinski definition) is 1. The second-order valence-corrected chi connectivity index (χ2v) is 4.91. The molecule has 0 saturated carbocycles. The zero-order chi connectivity index (χ0) is 11.7. The number of rotatable bonds is 3. The van der Waals surface area contributed by atoms with Crippen LogP contribution in [0.2, 0.25) is 0 Å². The topological polar surface area (TPSA) is 30.5 Å². The van der Waals surface area contributed by atoms with E-state index < -0.39 is 0 Å². The maximum Gasteiger partial charge on any atom is 0.123 e. The molecule has 0 bridgehead atoms. The number of ether oxygens (including phenoxy) is 2. The van der Waals surface area contributed by atoms with Gasteiger partial charge in [-0.2, -0.15) is 0 Å². The van der Waals surface area contributed by atoms with E-state index in [9.17, 15) is 0 Å². The van der Waals surface area contributed by atoms with E-state index in [-0.39, 0.29) is 6.10 Å². The lowest BCUT2D eigenvalue weighted by atomic mass is 9.92. The molecule has 0 aromatic heterocycles. The molecule has 3 rings (SSSR count). The third-order valence-electron chi connectivity index (χ3n) is 3.88. The summed E-state index contributed by atoms with van der Waals surface area (Å²) in [7, 11) is 2.02. The molecule has 2 aliphatic rings. The fraction of sp³-hybridized carbons (Fsp3) is 0.571. The van der Waals surface area contributed by atoms with Crippen LogP contribution in [0.4, 0.5) is 0 Å². The van der Waals surface area contributed by atoms with Gasteiger partial charge >= 0.3 is 0 Å². The normalized spacial score (nSPS) is 28.8. The lowest BCUT2D eigenvalue weighted by Crippen LogP contribution is -2.46. The fourth-order valence-corrected chi connectivity index (χ4v) is 2.97. The van der Waals surface area contributed by atoms with Crippen molar-refractivity contribution in [3.63, 3.8) is 0 Å². The molecule has 1 fully saturated rings. The van der Waals surface area contributed by atoms with Gasteiger partial charge in [-0.25, -0.2) is 0 Å². The van der Waals surface area contributed by atoms with E-state index in [1.54, 1.807) is 0 Å². The van der Waals surface area contributed by atoms with Crippen molar-refractivity contribution in [1.29, 1.82) is 0 Å². The highest BCUT2D eigenvalue weighted by atomic mass is 16.5. The molecule has 92 valence electrons. The van der Waals surface area contributed by atoms with Gasteiger partial charge in [-0.1, -0.05) is 18.2 Å². The quantitative estimate of drug-likeness (QED) is 0.860. The van der Waals surface area contributed by atoms with Gasteiger partial charge in [-0.05, 0) is 25.1 Å². The zero-order valence-corrected chi connectivity index (χ0v) is 10.2. The molecule has 3 atom stereocenters. The van der Waals surface area contributed by atoms with E-state index in [0.29, 0.717) is 12.0 Å². The number of fused-ring (bicyclic) bond motifs is 1. The van der Waals surface area contributed by atoms with Crippen LogP contribution in [0, 0.1) is 5.92 Å². The molecule has 1 aromatic rings. The zero-order valence-electron chi connectivity index (χ0n) is 10.2. The summed E-state index contributed by atoms with van der Waals surface area (Å²) in [5.74, 6) is 1.64. The number of hydrogen-bond acceptors (Lipinski definition) is 3. The Balaban J connectivity index is 1.73. The Hall–Kier alpha value is -1.06. The van der Waals surface area contributed by atoms with Crippen LogP contribution in [0.25, 0.3) is 0 Å². The summed E-state index contributed by atoms with van der Waals surface area (Å²) in [4.78, 5) is 0. The number of para-hydroxylation sites is 1. The van der Waals surface area contributed by atoms with Crippen LogP contribution in [0.3, 0.4) is 0 Å². The first kappa shape index (κ1) is 11.1. The van der Waals surface area contributed by atoms with Crippen molar-refractivity contribution >= 4 is 0 Å². The summed E-state index contributed by atoms with van der Waals surface area (Å²) in [6.45, 7) is 1.75. The molecule has 3 nitrogen and oxygen atoms in total. The average molecular weight is 233 g/mol. The molecule has 3 unspecified atom stereocenters. The Labute approximate surface area is 102 Å². The first-order valence-electron chi connectivity index (χ1n) is 6.38. The molecule has 3 heteroatoms. The van der Waals surface area contributed by atoms with E-state index in [1.165, 1.54) is 5.56 Å². The van der Waals surface area contributed by atoms with Gasteiger partial charge in [-0.3, -0.25) is 0 Å². The van der Waals surface area contributed by atoms with Crippen molar-refractivity contribution in [3.05, 3.63) is 29.8 Å². The Morgan fingerprint density at radius 1 is 1.35 bits per heavy atom. The third-order valence-corrected chi connectivity index (χ3v) is 3.88. The molecular weight excluding hydrogens is 214 g/mol. The van der Waals surface area contributed by atoms with Crippen LogP contribution in [-0.4, -0.2) is 32.4 Å². The molecular formula is C14H19NO2. The summed E-state index contributed by atoms with van der Waals surface area (Å²) in [6, 6.07) is 8.73. The van der Waals surface area contributed by atoms with Crippen molar-refractivity contribution in [3.8, 4) is 5.75 Å². The lowest BCUT2D eigenvalue weighted by molar-refractivity contribution is 0.125. The van der Waals surface area contributed by atoms with Gasteiger partial charge in [0.05, 0.1) is 6.61 Å². The second kappa shape index (κ2) is 4.67. The van der Waals surface area contributed by atoms with Gasteiger partial charge in [0.1, 0.15) is 11.9 Å². The minimum atomic E-state index is 0.254. The smallest absolute Gasteiger partial charge is 0.123 e. The van der Waals surface area contributed by atoms with Crippen molar-refractivity contribution in [2.45, 2.75) is 25.0 Å². The monoisotopic (exact) mass is 233 g/mol. The summed E-state index contributed by atoms with van der Waals surface area (Å²) < 4.78 is 11.5. The molecule has 1 saturated heterocycles. The number of likely N-dealkylation sites (N-methyl/N-ethyl adjacent to an activating group) is 1. The number of nitrogens with one attached hydrogen (secondary N) is 1. The van der Waals surface area contributed by atoms with Gasteiger partial charge in [-0.15, -0.1) is 0 Å². The van der Waals surface area contributed by atoms with Crippen LogP contribution in [0.15, 0.2) is 24.3 Å². The summed E-state index contributed by atoms with van der Waals surface area (Å²) in [6.07, 6.45) is 2.41. The summed E-state index contributed by atoms with van der Waals surface area (Å²) in [5.41, 5.74) is 1.33. The molecule has 0 radical (unpaired) electrons. The van der Waals surface area contributed by atoms with Crippen LogP contribution in [0.5, 0.6) is 5.75 Å². The van der Waals surface area contributed by atoms with E-state index in [1.807, 2.05) is 13.1 Å². The van der Waals surface area contributed by atoms with E-state index in [2.05, 4.69) is 23.5 Å². The first-order valence-corrected chi connectivity index (χ1v) is 6.38. The SMILES string of the molecule is CNC(C1CCOC1)C1Cc2ccccc2O1. The lowest BCUT2D eigenvalue weighted by Gasteiger charge is -2.27. The van der Waals surface area contributed by atoms with Crippen LogP contribution < -0.4 is 10.1 Å². The van der Waals surface area contributed by atoms with E-state index in [0.717, 1.165) is 31.8 Å². The predicted octanol–water partition coefficient (Wildman–Crippen LogP) is 1.61. The molecule has 0 aliphatic carbocycles. The Morgan fingerprint density at radius 2 is 2.24 bits per heavy atom. The Morgan fingerprint density at radius 3 is 2.94 bits per heavy atom. The van der Waals surface area contributed by atoms with E-state index >= 15 is 0 Å². The molecule has 1 N–H and O–H groups in total. The van der Waals surface area contributed by atoms with Crippen molar-refractivity contribution in [1.82, 2.24) is 5.32 Å². The standard InChI is InChI=1S/C14H19NO2/c1-15-14(11-6-7-16-9-11)13-8-10-4-2-3-5-12(10)17-13/h2-5,11,13-15H,6-9H2,1H3. The maximum absolute atomic E-state index is 6.05. The fourth-order valence-electron chi connectivity index (χ4n) is 2.97. The molecule has 0 spiro atoms. The van der Waals surface area contributed by atoms with Gasteiger partial charge < -0.3 is 14.8 Å². The first-order chi connectivity index (χ1) is 8.38.